The molecule has 0 amide bonds. The molecule has 12 aromatic carbocycles. The van der Waals surface area contributed by atoms with Gasteiger partial charge in [0, 0.05) is 74.0 Å². The minimum absolute atomic E-state index is 0. The molecule has 0 atom stereocenters. The van der Waals surface area contributed by atoms with Gasteiger partial charge in [0.05, 0.1) is 16.7 Å². The van der Waals surface area contributed by atoms with Crippen LogP contribution in [0.4, 0.5) is 0 Å². The van der Waals surface area contributed by atoms with Gasteiger partial charge in [-0.3, -0.25) is 4.57 Å². The zero-order valence-corrected chi connectivity index (χ0v) is 52.3. The number of para-hydroxylation sites is 4. The average molecular weight is 1370 g/mol. The van der Waals surface area contributed by atoms with Crippen LogP contribution in [0.15, 0.2) is 258 Å². The van der Waals surface area contributed by atoms with Gasteiger partial charge in [0.15, 0.2) is 0 Å². The van der Waals surface area contributed by atoms with E-state index in [0.717, 1.165) is 127 Å². The van der Waals surface area contributed by atoms with Crippen LogP contribution in [0.5, 0.6) is 11.5 Å². The molecule has 442 valence electrons. The summed E-state index contributed by atoms with van der Waals surface area (Å²) < 4.78 is 80.5. The zero-order chi connectivity index (χ0) is 65.8. The van der Waals surface area contributed by atoms with Gasteiger partial charge in [0.1, 0.15) is 28.1 Å². The van der Waals surface area contributed by atoms with E-state index in [9.17, 15) is 0 Å². The predicted molar refractivity (Wildman–Crippen MR) is 369 cm³/mol. The van der Waals surface area contributed by atoms with Crippen molar-refractivity contribution in [1.29, 1.82) is 0 Å². The van der Waals surface area contributed by atoms with Crippen molar-refractivity contribution in [3.63, 3.8) is 0 Å². The Morgan fingerprint density at radius 3 is 1.78 bits per heavy atom. The van der Waals surface area contributed by atoms with Crippen LogP contribution in [0.2, 0.25) is 0 Å². The van der Waals surface area contributed by atoms with Gasteiger partial charge in [-0.15, -0.1) is 29.7 Å². The Hall–Kier alpha value is -10.9. The van der Waals surface area contributed by atoms with Crippen molar-refractivity contribution in [2.45, 2.75) is 39.9 Å². The fraction of sp³-hybridized carbons (Fsp3) is 0.0714. The summed E-state index contributed by atoms with van der Waals surface area (Å²) >= 11 is 0. The van der Waals surface area contributed by atoms with Crippen molar-refractivity contribution < 1.29 is 47.4 Å². The summed E-state index contributed by atoms with van der Waals surface area (Å²) in [5.74, 6) is 1.64. The molecular weight excluding hydrogens is 1310 g/mol. The van der Waals surface area contributed by atoms with E-state index in [1.165, 1.54) is 18.2 Å². The summed E-state index contributed by atoms with van der Waals surface area (Å²) in [6.07, 6.45) is 5.75. The molecule has 5 aromatic heterocycles. The van der Waals surface area contributed by atoms with E-state index >= 15 is 0 Å². The molecule has 0 radical (unpaired) electrons. The molecule has 0 saturated heterocycles. The molecule has 7 nitrogen and oxygen atoms in total. The van der Waals surface area contributed by atoms with E-state index in [1.54, 1.807) is 0 Å². The van der Waals surface area contributed by atoms with Crippen LogP contribution in [-0.4, -0.2) is 14.1 Å². The van der Waals surface area contributed by atoms with Gasteiger partial charge < -0.3 is 22.7 Å². The Balaban J connectivity index is 0.00000722. The minimum atomic E-state index is -2.74. The molecule has 0 aliphatic carbocycles. The first-order chi connectivity index (χ1) is 47.0. The maximum absolute atomic E-state index is 9.12. The van der Waals surface area contributed by atoms with Gasteiger partial charge in [-0.25, -0.2) is 4.98 Å². The molecule has 0 saturated carbocycles. The fourth-order valence-electron chi connectivity index (χ4n) is 13.9. The number of nitrogens with zero attached hydrogens (tertiary/aromatic N) is 4. The third-order valence-corrected chi connectivity index (χ3v) is 18.2. The summed E-state index contributed by atoms with van der Waals surface area (Å²) in [7, 11) is 0. The molecule has 17 aromatic rings. The number of hydrogen-bond donors (Lipinski definition) is 0. The Kier molecular flexibility index (Phi) is 11.3. The monoisotopic (exact) mass is 1370 g/mol. The number of furan rings is 2. The maximum Gasteiger partial charge on any atom is 0.268 e. The van der Waals surface area contributed by atoms with Crippen molar-refractivity contribution in [2.75, 3.05) is 0 Å². The number of imidazole rings is 1. The Bertz CT molecular complexity index is 6130. The van der Waals surface area contributed by atoms with Crippen LogP contribution in [0.1, 0.15) is 45.7 Å². The summed E-state index contributed by atoms with van der Waals surface area (Å²) in [6, 6.07) is 87.9. The molecule has 1 aliphatic rings. The second kappa shape index (κ2) is 21.1. The number of hydrogen-bond acceptors (Lipinski definition) is 4. The summed E-state index contributed by atoms with van der Waals surface area (Å²) in [6.45, 7) is 1.12. The van der Waals surface area contributed by atoms with Gasteiger partial charge in [-0.2, -0.15) is 18.2 Å². The largest absolute Gasteiger partial charge is 0.510 e. The number of aromatic nitrogens is 4. The first kappa shape index (κ1) is 49.0. The Morgan fingerprint density at radius 2 is 1.04 bits per heavy atom. The number of rotatable bonds is 7. The van der Waals surface area contributed by atoms with E-state index in [2.05, 4.69) is 165 Å². The number of fused-ring (bicyclic) bond motifs is 16. The van der Waals surface area contributed by atoms with E-state index in [4.69, 9.17) is 26.8 Å². The standard InChI is InChI=1S/C84H56N4O3.Pt/c1-50-17-14-18-51(2)81(50)68-27-16-26-67-69-41-52(53-32-37-78-70(42-53)65-24-9-12-29-76(65)90-78)31-35-62(69)60-21-6-7-22-61(60)72-44-55(54-33-38-79-71(43-54)66-25-10-13-30-77(66)91-79)45-75-83(72)87(82(67)68)49-86(75)57-19-15-20-58(47-57)89-59-34-36-64-63-23-8-11-28-73(63)88(74(64)48-59)80-46-56(39-40-85-80)84(3,4)5;/h6-46H,1-5H3;/q-2;/i1D3,2D3;. The SMILES string of the molecule is [2H]C([2H])([2H])c1cccc(C([2H])([2H])[2H])c1-c1cccc2c1-[n+]1[c-]n(-c3[c-]c(Oc4[c-]c5c(cc4)c4ccccc4n5-c4cc(C(C)(C)C)ccn4)ccc3)c3cc(-c4ccc5oc6ccccc6c5c4)cc(c31)-c1ccccc1-c1ccc(-c3ccc4oc5ccccc5c4c3)cc1-2.[Pt]. The number of ether oxygens (including phenoxy) is 1. The predicted octanol–water partition coefficient (Wildman–Crippen LogP) is 21.6. The average Bonchev–Trinajstić information content (AvgIpc) is 1.53. The van der Waals surface area contributed by atoms with Crippen molar-refractivity contribution in [3.05, 3.63) is 284 Å². The zero-order valence-electron chi connectivity index (χ0n) is 56.0. The van der Waals surface area contributed by atoms with Gasteiger partial charge >= 0.3 is 0 Å². The topological polar surface area (TPSA) is 62.1 Å². The summed E-state index contributed by atoms with van der Waals surface area (Å²) in [5, 5.41) is 6.00. The van der Waals surface area contributed by atoms with Gasteiger partial charge in [0.25, 0.3) is 6.33 Å². The van der Waals surface area contributed by atoms with E-state index < -0.39 is 13.7 Å². The van der Waals surface area contributed by atoms with E-state index in [1.807, 2.05) is 118 Å². The summed E-state index contributed by atoms with van der Waals surface area (Å²) in [4.78, 5) is 4.92. The van der Waals surface area contributed by atoms with Crippen LogP contribution in [0.3, 0.4) is 0 Å². The van der Waals surface area contributed by atoms with Gasteiger partial charge in [-0.05, 0) is 180 Å². The van der Waals surface area contributed by atoms with Crippen molar-refractivity contribution in [2.24, 2.45) is 0 Å². The molecule has 6 heterocycles. The normalized spacial score (nSPS) is 13.3. The van der Waals surface area contributed by atoms with Crippen LogP contribution < -0.4 is 9.30 Å². The van der Waals surface area contributed by atoms with Crippen molar-refractivity contribution >= 4 is 76.7 Å². The van der Waals surface area contributed by atoms with E-state index in [-0.39, 0.29) is 43.2 Å². The fourth-order valence-corrected chi connectivity index (χ4v) is 13.9. The minimum Gasteiger partial charge on any atom is -0.510 e. The molecule has 0 bridgehead atoms. The van der Waals surface area contributed by atoms with E-state index in [0.29, 0.717) is 45.0 Å². The molecular formula is C84H56N4O3Pt-2. The molecule has 0 fully saturated rings. The van der Waals surface area contributed by atoms with Gasteiger partial charge in [0.2, 0.25) is 0 Å². The second-order valence-corrected chi connectivity index (χ2v) is 24.6. The maximum atomic E-state index is 9.12. The van der Waals surface area contributed by atoms with Crippen molar-refractivity contribution in [1.82, 2.24) is 14.1 Å². The molecule has 0 unspecified atom stereocenters. The third-order valence-electron chi connectivity index (χ3n) is 18.2. The second-order valence-electron chi connectivity index (χ2n) is 24.6. The van der Waals surface area contributed by atoms with Crippen LogP contribution in [-0.2, 0) is 26.5 Å². The number of benzene rings is 12. The summed E-state index contributed by atoms with van der Waals surface area (Å²) in [5.41, 5.74) is 17.6. The van der Waals surface area contributed by atoms with Crippen molar-refractivity contribution in [3.8, 4) is 95.5 Å². The smallest absolute Gasteiger partial charge is 0.268 e. The van der Waals surface area contributed by atoms with Gasteiger partial charge in [-0.1, -0.05) is 172 Å². The molecule has 1 aliphatic heterocycles. The molecule has 18 rings (SSSR count). The molecule has 0 spiro atoms. The first-order valence-corrected chi connectivity index (χ1v) is 30.5. The number of pyridine rings is 1. The Labute approximate surface area is 554 Å². The molecule has 8 heteroatoms. The third kappa shape index (κ3) is 8.74. The molecule has 0 N–H and O–H groups in total. The number of aryl methyl sites for hydroxylation is 2. The van der Waals surface area contributed by atoms with Crippen LogP contribution in [0, 0.1) is 32.2 Å². The molecule has 92 heavy (non-hydrogen) atoms. The van der Waals surface area contributed by atoms with Crippen LogP contribution >= 0.6 is 0 Å². The Morgan fingerprint density at radius 1 is 0.457 bits per heavy atom. The first-order valence-electron chi connectivity index (χ1n) is 33.5. The van der Waals surface area contributed by atoms with Crippen LogP contribution in [0.25, 0.3) is 161 Å². The quantitative estimate of drug-likeness (QED) is 0.118.